The second-order valence-corrected chi connectivity index (χ2v) is 10.1. The van der Waals surface area contributed by atoms with Gasteiger partial charge in [-0.05, 0) is 72.4 Å². The molecule has 0 spiro atoms. The topological polar surface area (TPSA) is 83.1 Å². The van der Waals surface area contributed by atoms with E-state index in [0.29, 0.717) is 5.65 Å². The molecule has 2 aromatic carbocycles. The van der Waals surface area contributed by atoms with Crippen LogP contribution in [0, 0.1) is 12.7 Å². The predicted octanol–water partition coefficient (Wildman–Crippen LogP) is 7.46. The van der Waals surface area contributed by atoms with Gasteiger partial charge in [-0.2, -0.15) is 5.10 Å². The molecule has 0 atom stereocenters. The Hall–Kier alpha value is -5.17. The molecule has 0 fully saturated rings. The quantitative estimate of drug-likeness (QED) is 0.236. The molecule has 0 aliphatic rings. The largest absolute Gasteiger partial charge is 0.352 e. The van der Waals surface area contributed by atoms with E-state index in [1.54, 1.807) is 18.5 Å². The van der Waals surface area contributed by atoms with Crippen molar-refractivity contribution in [3.05, 3.63) is 120 Å². The highest BCUT2D eigenvalue weighted by Gasteiger charge is 2.16. The van der Waals surface area contributed by atoms with Crippen LogP contribution in [0.4, 0.5) is 4.39 Å². The monoisotopic (exact) mass is 524 g/mol. The Bertz CT molecular complexity index is 1970. The fraction of sp³-hybridized carbons (Fsp3) is 0.0909. The Labute approximate surface area is 230 Å². The number of fused-ring (bicyclic) bond motifs is 2. The molecule has 7 heteroatoms. The van der Waals surface area contributed by atoms with Crippen molar-refractivity contribution in [2.75, 3.05) is 0 Å². The third-order valence-electron chi connectivity index (χ3n) is 7.25. The van der Waals surface area contributed by atoms with E-state index in [1.165, 1.54) is 17.2 Å². The molecule has 194 valence electrons. The molecular formula is C33H25FN6. The molecule has 0 bridgehead atoms. The molecule has 5 aromatic heterocycles. The number of H-pyrrole nitrogens is 2. The first-order valence-corrected chi connectivity index (χ1v) is 13.2. The van der Waals surface area contributed by atoms with E-state index in [-0.39, 0.29) is 5.82 Å². The zero-order valence-electron chi connectivity index (χ0n) is 21.8. The van der Waals surface area contributed by atoms with Crippen LogP contribution >= 0.6 is 0 Å². The van der Waals surface area contributed by atoms with Crippen molar-refractivity contribution in [2.24, 2.45) is 0 Å². The minimum Gasteiger partial charge on any atom is -0.352 e. The van der Waals surface area contributed by atoms with Crippen molar-refractivity contribution >= 4 is 21.9 Å². The summed E-state index contributed by atoms with van der Waals surface area (Å²) < 4.78 is 14.2. The van der Waals surface area contributed by atoms with Crippen molar-refractivity contribution in [1.82, 2.24) is 30.1 Å². The van der Waals surface area contributed by atoms with Gasteiger partial charge in [-0.15, -0.1) is 0 Å². The number of rotatable bonds is 6. The minimum atomic E-state index is -0.264. The number of nitrogens with one attached hydrogen (secondary N) is 2. The van der Waals surface area contributed by atoms with E-state index in [1.807, 2.05) is 37.6 Å². The second kappa shape index (κ2) is 9.85. The molecule has 0 unspecified atom stereocenters. The van der Waals surface area contributed by atoms with Crippen LogP contribution in [0.15, 0.2) is 97.7 Å². The van der Waals surface area contributed by atoms with Crippen LogP contribution in [0.3, 0.4) is 0 Å². The van der Waals surface area contributed by atoms with Crippen LogP contribution in [0.5, 0.6) is 0 Å². The van der Waals surface area contributed by atoms with Gasteiger partial charge in [-0.1, -0.05) is 36.4 Å². The summed E-state index contributed by atoms with van der Waals surface area (Å²) in [5, 5.41) is 9.46. The van der Waals surface area contributed by atoms with Crippen molar-refractivity contribution in [3.63, 3.8) is 0 Å². The van der Waals surface area contributed by atoms with E-state index in [2.05, 4.69) is 72.6 Å². The number of hydrogen-bond acceptors (Lipinski definition) is 4. The summed E-state index contributed by atoms with van der Waals surface area (Å²) in [6.45, 7) is 1.89. The molecule has 2 N–H and O–H groups in total. The van der Waals surface area contributed by atoms with Crippen molar-refractivity contribution in [3.8, 4) is 33.6 Å². The lowest BCUT2D eigenvalue weighted by Gasteiger charge is -2.06. The molecular weight excluding hydrogens is 499 g/mol. The Morgan fingerprint density at radius 2 is 1.55 bits per heavy atom. The third-order valence-corrected chi connectivity index (χ3v) is 7.25. The number of halogens is 1. The van der Waals surface area contributed by atoms with Crippen LogP contribution < -0.4 is 0 Å². The molecule has 0 aliphatic heterocycles. The van der Waals surface area contributed by atoms with Crippen LogP contribution in [0.2, 0.25) is 0 Å². The fourth-order valence-corrected chi connectivity index (χ4v) is 5.29. The molecule has 0 saturated carbocycles. The molecule has 6 nitrogen and oxygen atoms in total. The van der Waals surface area contributed by atoms with Gasteiger partial charge in [0.05, 0.1) is 23.1 Å². The maximum absolute atomic E-state index is 14.2. The molecule has 7 rings (SSSR count). The van der Waals surface area contributed by atoms with Gasteiger partial charge in [0.1, 0.15) is 5.82 Å². The van der Waals surface area contributed by atoms with Crippen LogP contribution in [0.1, 0.15) is 16.7 Å². The van der Waals surface area contributed by atoms with E-state index in [9.17, 15) is 4.39 Å². The highest BCUT2D eigenvalue weighted by atomic mass is 19.1. The summed E-state index contributed by atoms with van der Waals surface area (Å²) in [4.78, 5) is 17.0. The highest BCUT2D eigenvalue weighted by molar-refractivity contribution is 6.00. The van der Waals surface area contributed by atoms with E-state index in [4.69, 9.17) is 0 Å². The van der Waals surface area contributed by atoms with Crippen molar-refractivity contribution in [2.45, 2.75) is 19.8 Å². The summed E-state index contributed by atoms with van der Waals surface area (Å²) in [5.41, 5.74) is 10.2. The minimum absolute atomic E-state index is 0.264. The zero-order valence-corrected chi connectivity index (χ0v) is 21.8. The average Bonchev–Trinajstić information content (AvgIpc) is 3.60. The SMILES string of the molecule is Cc1cc(F)cc(-c2cncc3[nH]c(-c4[nH]nc5ncc(-c6cncc(CCc7ccccc7)c6)cc45)cc23)c1. The van der Waals surface area contributed by atoms with Crippen molar-refractivity contribution in [1.29, 1.82) is 0 Å². The molecule has 0 aliphatic carbocycles. The van der Waals surface area contributed by atoms with Gasteiger partial charge in [0.15, 0.2) is 5.65 Å². The molecule has 7 aromatic rings. The highest BCUT2D eigenvalue weighted by Crippen LogP contribution is 2.34. The summed E-state index contributed by atoms with van der Waals surface area (Å²) in [6.07, 6.45) is 11.1. The number of aryl methyl sites for hydroxylation is 3. The molecule has 0 radical (unpaired) electrons. The smallest absolute Gasteiger partial charge is 0.181 e. The first-order valence-electron chi connectivity index (χ1n) is 13.2. The van der Waals surface area contributed by atoms with Gasteiger partial charge < -0.3 is 4.98 Å². The number of nitrogens with zero attached hydrogens (tertiary/aromatic N) is 4. The Morgan fingerprint density at radius 3 is 2.42 bits per heavy atom. The van der Waals surface area contributed by atoms with Gasteiger partial charge >= 0.3 is 0 Å². The zero-order chi connectivity index (χ0) is 27.1. The van der Waals surface area contributed by atoms with E-state index in [0.717, 1.165) is 68.3 Å². The standard InChI is InChI=1S/C33H25FN6/c1-20-9-23(12-26(34)10-20)29-18-36-19-31-27(29)14-30(38-31)32-28-13-25(17-37-33(28)40-39-32)24-11-22(15-35-16-24)8-7-21-5-3-2-4-6-21/h2-6,9-19,38H,7-8H2,1H3,(H,37,39,40). The van der Waals surface area contributed by atoms with E-state index < -0.39 is 0 Å². The van der Waals surface area contributed by atoms with Gasteiger partial charge in [0, 0.05) is 52.3 Å². The number of aromatic amines is 2. The number of aromatic nitrogens is 6. The van der Waals surface area contributed by atoms with E-state index >= 15 is 0 Å². The Kier molecular flexibility index (Phi) is 5.89. The average molecular weight is 525 g/mol. The van der Waals surface area contributed by atoms with Gasteiger partial charge in [0.2, 0.25) is 0 Å². The summed E-state index contributed by atoms with van der Waals surface area (Å²) >= 11 is 0. The molecule has 0 amide bonds. The maximum atomic E-state index is 14.2. The van der Waals surface area contributed by atoms with Gasteiger partial charge in [-0.25, -0.2) is 9.37 Å². The lowest BCUT2D eigenvalue weighted by molar-refractivity contribution is 0.627. The molecule has 0 saturated heterocycles. The van der Waals surface area contributed by atoms with Crippen LogP contribution in [-0.2, 0) is 12.8 Å². The summed E-state index contributed by atoms with van der Waals surface area (Å²) in [7, 11) is 0. The lowest BCUT2D eigenvalue weighted by atomic mass is 10.0. The third kappa shape index (κ3) is 4.52. The second-order valence-electron chi connectivity index (χ2n) is 10.1. The van der Waals surface area contributed by atoms with Crippen molar-refractivity contribution < 1.29 is 4.39 Å². The molecule has 5 heterocycles. The van der Waals surface area contributed by atoms with Gasteiger partial charge in [-0.3, -0.25) is 15.1 Å². The maximum Gasteiger partial charge on any atom is 0.181 e. The first-order chi connectivity index (χ1) is 19.6. The normalized spacial score (nSPS) is 11.4. The lowest BCUT2D eigenvalue weighted by Crippen LogP contribution is -1.93. The Balaban J connectivity index is 1.25. The van der Waals surface area contributed by atoms with Gasteiger partial charge in [0.25, 0.3) is 0 Å². The summed E-state index contributed by atoms with van der Waals surface area (Å²) in [5.74, 6) is -0.264. The number of benzene rings is 2. The Morgan fingerprint density at radius 1 is 0.725 bits per heavy atom. The van der Waals surface area contributed by atoms with Crippen LogP contribution in [0.25, 0.3) is 55.6 Å². The predicted molar refractivity (Wildman–Crippen MR) is 156 cm³/mol. The number of hydrogen-bond donors (Lipinski definition) is 2. The molecule has 40 heavy (non-hydrogen) atoms. The fourth-order valence-electron chi connectivity index (χ4n) is 5.29. The number of pyridine rings is 3. The first kappa shape index (κ1) is 23.9. The van der Waals surface area contributed by atoms with Crippen LogP contribution in [-0.4, -0.2) is 30.1 Å². The summed E-state index contributed by atoms with van der Waals surface area (Å²) in [6, 6.07) is 21.8.